The Morgan fingerprint density at radius 1 is 1.16 bits per heavy atom. The van der Waals surface area contributed by atoms with Gasteiger partial charge in [-0.15, -0.1) is 0 Å². The lowest BCUT2D eigenvalue weighted by atomic mass is 10.0. The van der Waals surface area contributed by atoms with Crippen LogP contribution in [-0.2, 0) is 4.79 Å². The Morgan fingerprint density at radius 3 is 2.37 bits per heavy atom. The van der Waals surface area contributed by atoms with Crippen LogP contribution in [0, 0.1) is 17.6 Å². The molecule has 2 N–H and O–H groups in total. The molecule has 0 spiro atoms. The van der Waals surface area contributed by atoms with Crippen LogP contribution in [0.4, 0.5) is 8.78 Å². The van der Waals surface area contributed by atoms with Gasteiger partial charge < -0.3 is 10.4 Å². The molecule has 1 fully saturated rings. The molecule has 1 aromatic carbocycles. The van der Waals surface area contributed by atoms with Crippen molar-refractivity contribution in [1.29, 1.82) is 0 Å². The van der Waals surface area contributed by atoms with Crippen molar-refractivity contribution in [3.63, 3.8) is 0 Å². The number of carbonyl (C=O) groups is 2. The minimum atomic E-state index is -0.965. The lowest BCUT2D eigenvalue weighted by Crippen LogP contribution is -2.40. The SMILES string of the molecule is O=C(N[C@H]1CCC[C@H]1C(=O)O)c1cc(F)cc(F)c1. The van der Waals surface area contributed by atoms with Crippen molar-refractivity contribution in [2.45, 2.75) is 25.3 Å². The van der Waals surface area contributed by atoms with E-state index in [1.807, 2.05) is 0 Å². The first kappa shape index (κ1) is 13.5. The van der Waals surface area contributed by atoms with Gasteiger partial charge in [0.15, 0.2) is 0 Å². The summed E-state index contributed by atoms with van der Waals surface area (Å²) in [7, 11) is 0. The average Bonchev–Trinajstić information content (AvgIpc) is 2.75. The summed E-state index contributed by atoms with van der Waals surface area (Å²) in [6, 6.07) is 2.02. The van der Waals surface area contributed by atoms with Gasteiger partial charge in [0.05, 0.1) is 5.92 Å². The van der Waals surface area contributed by atoms with E-state index >= 15 is 0 Å². The van der Waals surface area contributed by atoms with Gasteiger partial charge in [-0.2, -0.15) is 0 Å². The number of hydrogen-bond acceptors (Lipinski definition) is 2. The van der Waals surface area contributed by atoms with Crippen LogP contribution in [0.2, 0.25) is 0 Å². The largest absolute Gasteiger partial charge is 0.481 e. The number of benzene rings is 1. The second-order valence-corrected chi connectivity index (χ2v) is 4.61. The Bertz CT molecular complexity index is 498. The molecule has 19 heavy (non-hydrogen) atoms. The Hall–Kier alpha value is -1.98. The topological polar surface area (TPSA) is 66.4 Å². The van der Waals surface area contributed by atoms with Gasteiger partial charge in [-0.05, 0) is 25.0 Å². The summed E-state index contributed by atoms with van der Waals surface area (Å²) in [6.45, 7) is 0. The van der Waals surface area contributed by atoms with E-state index in [9.17, 15) is 18.4 Å². The van der Waals surface area contributed by atoms with Crippen molar-refractivity contribution >= 4 is 11.9 Å². The third kappa shape index (κ3) is 3.07. The Morgan fingerprint density at radius 2 is 1.79 bits per heavy atom. The molecule has 0 saturated heterocycles. The average molecular weight is 269 g/mol. The number of amides is 1. The number of rotatable bonds is 3. The third-order valence-electron chi connectivity index (χ3n) is 3.27. The number of carboxylic acid groups (broad SMARTS) is 1. The van der Waals surface area contributed by atoms with Crippen LogP contribution in [0.15, 0.2) is 18.2 Å². The van der Waals surface area contributed by atoms with E-state index in [2.05, 4.69) is 5.32 Å². The summed E-state index contributed by atoms with van der Waals surface area (Å²) in [5, 5.41) is 11.5. The fourth-order valence-corrected chi connectivity index (χ4v) is 2.37. The van der Waals surface area contributed by atoms with E-state index < -0.39 is 35.5 Å². The van der Waals surface area contributed by atoms with Crippen LogP contribution >= 0.6 is 0 Å². The zero-order valence-corrected chi connectivity index (χ0v) is 10.0. The van der Waals surface area contributed by atoms with Crippen LogP contribution in [0.3, 0.4) is 0 Å². The lowest BCUT2D eigenvalue weighted by molar-refractivity contribution is -0.142. The predicted octanol–water partition coefficient (Wildman–Crippen LogP) is 1.95. The molecule has 2 atom stereocenters. The predicted molar refractivity (Wildman–Crippen MR) is 62.6 cm³/mol. The quantitative estimate of drug-likeness (QED) is 0.881. The molecule has 1 aromatic rings. The minimum absolute atomic E-state index is 0.145. The molecule has 4 nitrogen and oxygen atoms in total. The molecular formula is C13H13F2NO3. The maximum absolute atomic E-state index is 13.0. The van der Waals surface area contributed by atoms with E-state index in [1.165, 1.54) is 0 Å². The van der Waals surface area contributed by atoms with E-state index in [0.29, 0.717) is 25.3 Å². The number of hydrogen-bond donors (Lipinski definition) is 2. The van der Waals surface area contributed by atoms with Crippen molar-refractivity contribution in [2.75, 3.05) is 0 Å². The highest BCUT2D eigenvalue weighted by atomic mass is 19.1. The molecule has 0 bridgehead atoms. The van der Waals surface area contributed by atoms with Gasteiger partial charge in [0, 0.05) is 17.7 Å². The van der Waals surface area contributed by atoms with Crippen molar-refractivity contribution < 1.29 is 23.5 Å². The molecule has 0 unspecified atom stereocenters. The van der Waals surface area contributed by atoms with E-state index in [0.717, 1.165) is 12.1 Å². The molecule has 102 valence electrons. The van der Waals surface area contributed by atoms with Gasteiger partial charge in [-0.25, -0.2) is 8.78 Å². The van der Waals surface area contributed by atoms with Crippen LogP contribution in [-0.4, -0.2) is 23.0 Å². The Balaban J connectivity index is 2.10. The molecule has 0 aliphatic heterocycles. The van der Waals surface area contributed by atoms with Gasteiger partial charge in [0.2, 0.25) is 0 Å². The fourth-order valence-electron chi connectivity index (χ4n) is 2.37. The van der Waals surface area contributed by atoms with E-state index in [4.69, 9.17) is 5.11 Å². The van der Waals surface area contributed by atoms with E-state index in [-0.39, 0.29) is 5.56 Å². The van der Waals surface area contributed by atoms with Crippen LogP contribution in [0.1, 0.15) is 29.6 Å². The van der Waals surface area contributed by atoms with Crippen molar-refractivity contribution in [1.82, 2.24) is 5.32 Å². The van der Waals surface area contributed by atoms with Gasteiger partial charge >= 0.3 is 5.97 Å². The first-order valence-corrected chi connectivity index (χ1v) is 5.97. The van der Waals surface area contributed by atoms with Crippen molar-refractivity contribution in [2.24, 2.45) is 5.92 Å². The Labute approximate surface area is 108 Å². The maximum Gasteiger partial charge on any atom is 0.308 e. The molecule has 0 radical (unpaired) electrons. The molecule has 2 rings (SSSR count). The highest BCUT2D eigenvalue weighted by Gasteiger charge is 2.34. The van der Waals surface area contributed by atoms with Crippen molar-refractivity contribution in [3.05, 3.63) is 35.4 Å². The molecule has 0 aromatic heterocycles. The second-order valence-electron chi connectivity index (χ2n) is 4.61. The number of aliphatic carboxylic acids is 1. The number of carbonyl (C=O) groups excluding carboxylic acids is 1. The van der Waals surface area contributed by atoms with Gasteiger partial charge in [-0.1, -0.05) is 6.42 Å². The monoisotopic (exact) mass is 269 g/mol. The third-order valence-corrected chi connectivity index (χ3v) is 3.27. The molecule has 1 saturated carbocycles. The minimum Gasteiger partial charge on any atom is -0.481 e. The fraction of sp³-hybridized carbons (Fsp3) is 0.385. The highest BCUT2D eigenvalue weighted by molar-refractivity contribution is 5.94. The van der Waals surface area contributed by atoms with Gasteiger partial charge in [0.25, 0.3) is 5.91 Å². The molecule has 1 aliphatic carbocycles. The number of carboxylic acids is 1. The molecule has 1 amide bonds. The maximum atomic E-state index is 13.0. The molecule has 0 heterocycles. The summed E-state index contributed by atoms with van der Waals surface area (Å²) in [4.78, 5) is 22.8. The summed E-state index contributed by atoms with van der Waals surface area (Å²) in [5.41, 5.74) is -0.145. The first-order valence-electron chi connectivity index (χ1n) is 5.97. The standard InChI is InChI=1S/C13H13F2NO3/c14-8-4-7(5-9(15)6-8)12(17)16-11-3-1-2-10(11)13(18)19/h4-6,10-11H,1-3H2,(H,16,17)(H,18,19)/t10-,11+/m1/s1. The summed E-state index contributed by atoms with van der Waals surface area (Å²) in [6.07, 6.45) is 1.76. The van der Waals surface area contributed by atoms with Crippen LogP contribution < -0.4 is 5.32 Å². The van der Waals surface area contributed by atoms with Crippen molar-refractivity contribution in [3.8, 4) is 0 Å². The Kier molecular flexibility index (Phi) is 3.78. The highest BCUT2D eigenvalue weighted by Crippen LogP contribution is 2.26. The van der Waals surface area contributed by atoms with Crippen LogP contribution in [0.25, 0.3) is 0 Å². The molecule has 6 heteroatoms. The first-order chi connectivity index (χ1) is 8.97. The molecular weight excluding hydrogens is 256 g/mol. The number of halogens is 2. The zero-order valence-electron chi connectivity index (χ0n) is 10.0. The van der Waals surface area contributed by atoms with E-state index in [1.54, 1.807) is 0 Å². The summed E-state index contributed by atoms with van der Waals surface area (Å²) < 4.78 is 26.0. The zero-order chi connectivity index (χ0) is 14.0. The smallest absolute Gasteiger partial charge is 0.308 e. The second kappa shape index (κ2) is 5.34. The summed E-state index contributed by atoms with van der Waals surface area (Å²) >= 11 is 0. The van der Waals surface area contributed by atoms with Crippen LogP contribution in [0.5, 0.6) is 0 Å². The molecule has 1 aliphatic rings. The summed E-state index contributed by atoms with van der Waals surface area (Å²) in [5.74, 6) is -3.94. The number of nitrogens with one attached hydrogen (secondary N) is 1. The normalized spacial score (nSPS) is 22.2. The van der Waals surface area contributed by atoms with Gasteiger partial charge in [0.1, 0.15) is 11.6 Å². The lowest BCUT2D eigenvalue weighted by Gasteiger charge is -2.17. The van der Waals surface area contributed by atoms with Gasteiger partial charge in [-0.3, -0.25) is 9.59 Å².